The quantitative estimate of drug-likeness (QED) is 0.877. The Morgan fingerprint density at radius 2 is 1.72 bits per heavy atom. The van der Waals surface area contributed by atoms with E-state index < -0.39 is 0 Å². The van der Waals surface area contributed by atoms with Gasteiger partial charge in [0.2, 0.25) is 0 Å². The molecule has 0 spiro atoms. The number of anilines is 3. The lowest BCUT2D eigenvalue weighted by molar-refractivity contribution is 0.0945. The highest BCUT2D eigenvalue weighted by atomic mass is 16.2. The van der Waals surface area contributed by atoms with Crippen LogP contribution >= 0.6 is 0 Å². The number of nitrogens with one attached hydrogen (secondary N) is 2. The molecule has 0 radical (unpaired) electrons. The Morgan fingerprint density at radius 3 is 2.36 bits per heavy atom. The van der Waals surface area contributed by atoms with E-state index in [2.05, 4.69) is 50.0 Å². The third-order valence-corrected chi connectivity index (χ3v) is 4.67. The first-order chi connectivity index (χ1) is 12.3. The van der Waals surface area contributed by atoms with Crippen molar-refractivity contribution in [2.45, 2.75) is 38.1 Å². The molecule has 2 heterocycles. The Morgan fingerprint density at radius 1 is 0.960 bits per heavy atom. The number of nitrogens with zero attached hydrogens (tertiary/aromatic N) is 3. The zero-order valence-electron chi connectivity index (χ0n) is 14.2. The topological polar surface area (TPSA) is 70.2 Å². The van der Waals surface area contributed by atoms with Crippen LogP contribution in [0.4, 0.5) is 17.2 Å². The molecule has 1 saturated heterocycles. The summed E-state index contributed by atoms with van der Waals surface area (Å²) in [7, 11) is 0. The van der Waals surface area contributed by atoms with E-state index in [0.29, 0.717) is 17.6 Å². The molecule has 1 aliphatic heterocycles. The minimum atomic E-state index is -0.146. The lowest BCUT2D eigenvalue weighted by Crippen LogP contribution is -2.29. The van der Waals surface area contributed by atoms with Crippen LogP contribution < -0.4 is 15.5 Å². The van der Waals surface area contributed by atoms with Crippen LogP contribution in [0.1, 0.15) is 42.6 Å². The number of benzene rings is 1. The summed E-state index contributed by atoms with van der Waals surface area (Å²) in [6, 6.07) is 12.2. The lowest BCUT2D eigenvalue weighted by atomic mass is 10.1. The Hall–Kier alpha value is -2.63. The second-order valence-electron chi connectivity index (χ2n) is 6.77. The van der Waals surface area contributed by atoms with Crippen molar-refractivity contribution in [3.8, 4) is 0 Å². The molecule has 2 aromatic rings. The van der Waals surface area contributed by atoms with Crippen molar-refractivity contribution >= 4 is 23.1 Å². The summed E-state index contributed by atoms with van der Waals surface area (Å²) in [5.74, 6) is 0.487. The number of hydrogen-bond acceptors (Lipinski definition) is 5. The molecule has 2 aliphatic rings. The lowest BCUT2D eigenvalue weighted by Gasteiger charge is -2.28. The van der Waals surface area contributed by atoms with Gasteiger partial charge in [-0.2, -0.15) is 0 Å². The molecule has 2 N–H and O–H groups in total. The number of carbonyl (C=O) groups excluding carboxylic acids is 1. The number of carbonyl (C=O) groups is 1. The van der Waals surface area contributed by atoms with E-state index in [9.17, 15) is 4.79 Å². The largest absolute Gasteiger partial charge is 0.372 e. The molecule has 1 amide bonds. The summed E-state index contributed by atoms with van der Waals surface area (Å²) in [6.45, 7) is 2.28. The van der Waals surface area contributed by atoms with Gasteiger partial charge in [-0.3, -0.25) is 4.79 Å². The van der Waals surface area contributed by atoms with Gasteiger partial charge in [-0.05, 0) is 68.5 Å². The van der Waals surface area contributed by atoms with Crippen molar-refractivity contribution in [1.29, 1.82) is 0 Å². The van der Waals surface area contributed by atoms with Gasteiger partial charge in [0.05, 0.1) is 0 Å². The van der Waals surface area contributed by atoms with Gasteiger partial charge < -0.3 is 15.5 Å². The molecule has 130 valence electrons. The average Bonchev–Trinajstić information content (AvgIpc) is 3.48. The maximum absolute atomic E-state index is 11.9. The summed E-state index contributed by atoms with van der Waals surface area (Å²) in [5, 5.41) is 14.3. The second kappa shape index (κ2) is 7.09. The first-order valence-corrected chi connectivity index (χ1v) is 9.04. The Balaban J connectivity index is 1.37. The second-order valence-corrected chi connectivity index (χ2v) is 6.77. The average molecular weight is 337 g/mol. The van der Waals surface area contributed by atoms with E-state index in [1.54, 1.807) is 12.1 Å². The van der Waals surface area contributed by atoms with Crippen LogP contribution in [0.3, 0.4) is 0 Å². The molecule has 1 aromatic carbocycles. The molecule has 6 nitrogen and oxygen atoms in total. The van der Waals surface area contributed by atoms with Crippen LogP contribution in [0.2, 0.25) is 0 Å². The number of amides is 1. The molecule has 2 fully saturated rings. The van der Waals surface area contributed by atoms with E-state index in [0.717, 1.165) is 31.6 Å². The highest BCUT2D eigenvalue weighted by Crippen LogP contribution is 2.23. The van der Waals surface area contributed by atoms with E-state index >= 15 is 0 Å². The maximum atomic E-state index is 11.9. The van der Waals surface area contributed by atoms with Crippen LogP contribution in [-0.2, 0) is 0 Å². The van der Waals surface area contributed by atoms with Gasteiger partial charge in [-0.25, -0.2) is 0 Å². The summed E-state index contributed by atoms with van der Waals surface area (Å²) >= 11 is 0. The van der Waals surface area contributed by atoms with E-state index in [1.165, 1.54) is 24.9 Å². The molecule has 4 rings (SSSR count). The summed E-state index contributed by atoms with van der Waals surface area (Å²) in [5.41, 5.74) is 2.59. The van der Waals surface area contributed by atoms with E-state index in [4.69, 9.17) is 0 Å². The molecule has 1 saturated carbocycles. The Kier molecular flexibility index (Phi) is 4.50. The van der Waals surface area contributed by atoms with Crippen molar-refractivity contribution in [2.75, 3.05) is 23.3 Å². The van der Waals surface area contributed by atoms with Crippen molar-refractivity contribution in [3.63, 3.8) is 0 Å². The summed E-state index contributed by atoms with van der Waals surface area (Å²) in [6.07, 6.45) is 6.01. The first-order valence-electron chi connectivity index (χ1n) is 9.04. The van der Waals surface area contributed by atoms with Crippen molar-refractivity contribution < 1.29 is 4.79 Å². The number of aromatic nitrogens is 2. The number of hydrogen-bond donors (Lipinski definition) is 2. The fraction of sp³-hybridized carbons (Fsp3) is 0.421. The minimum absolute atomic E-state index is 0.146. The smallest absolute Gasteiger partial charge is 0.272 e. The first kappa shape index (κ1) is 15.9. The van der Waals surface area contributed by atoms with Crippen LogP contribution in [0.5, 0.6) is 0 Å². The summed E-state index contributed by atoms with van der Waals surface area (Å²) < 4.78 is 0. The van der Waals surface area contributed by atoms with E-state index in [-0.39, 0.29) is 5.91 Å². The normalized spacial score (nSPS) is 17.2. The Bertz CT molecular complexity index is 718. The molecule has 6 heteroatoms. The zero-order chi connectivity index (χ0) is 17.1. The molecule has 0 unspecified atom stereocenters. The molecule has 1 aromatic heterocycles. The van der Waals surface area contributed by atoms with Crippen molar-refractivity contribution in [1.82, 2.24) is 15.5 Å². The van der Waals surface area contributed by atoms with Crippen molar-refractivity contribution in [2.24, 2.45) is 0 Å². The highest BCUT2D eigenvalue weighted by Gasteiger charge is 2.24. The SMILES string of the molecule is O=C(NC1CC1)c1ccc(Nc2ccc(N3CCCCC3)cc2)nn1. The molecule has 0 bridgehead atoms. The minimum Gasteiger partial charge on any atom is -0.372 e. The van der Waals surface area contributed by atoms with Gasteiger partial charge in [0.15, 0.2) is 11.5 Å². The molecule has 25 heavy (non-hydrogen) atoms. The van der Waals surface area contributed by atoms with Crippen LogP contribution in [0.25, 0.3) is 0 Å². The van der Waals surface area contributed by atoms with Gasteiger partial charge in [0.1, 0.15) is 0 Å². The monoisotopic (exact) mass is 337 g/mol. The van der Waals surface area contributed by atoms with Gasteiger partial charge in [0.25, 0.3) is 5.91 Å². The van der Waals surface area contributed by atoms with Gasteiger partial charge in [-0.1, -0.05) is 0 Å². The predicted molar refractivity (Wildman–Crippen MR) is 98.3 cm³/mol. The highest BCUT2D eigenvalue weighted by molar-refractivity contribution is 5.92. The maximum Gasteiger partial charge on any atom is 0.272 e. The molecular formula is C19H23N5O. The fourth-order valence-electron chi connectivity index (χ4n) is 3.06. The standard InChI is InChI=1S/C19H23N5O/c25-19(21-15-4-5-15)17-10-11-18(23-22-17)20-14-6-8-16(9-7-14)24-12-2-1-3-13-24/h6-11,15H,1-5,12-13H2,(H,20,23)(H,21,25). The fourth-order valence-corrected chi connectivity index (χ4v) is 3.06. The third-order valence-electron chi connectivity index (χ3n) is 4.67. The molecule has 0 atom stereocenters. The van der Waals surface area contributed by atoms with Gasteiger partial charge in [0, 0.05) is 30.5 Å². The van der Waals surface area contributed by atoms with Crippen LogP contribution in [0, 0.1) is 0 Å². The molecule has 1 aliphatic carbocycles. The molecular weight excluding hydrogens is 314 g/mol. The summed E-state index contributed by atoms with van der Waals surface area (Å²) in [4.78, 5) is 14.3. The van der Waals surface area contributed by atoms with Crippen LogP contribution in [-0.4, -0.2) is 35.2 Å². The number of rotatable bonds is 5. The van der Waals surface area contributed by atoms with Crippen LogP contribution in [0.15, 0.2) is 36.4 Å². The van der Waals surface area contributed by atoms with E-state index in [1.807, 2.05) is 0 Å². The Labute approximate surface area is 147 Å². The van der Waals surface area contributed by atoms with Gasteiger partial charge in [-0.15, -0.1) is 10.2 Å². The number of piperidine rings is 1. The predicted octanol–water partition coefficient (Wildman–Crippen LogP) is 3.10. The zero-order valence-corrected chi connectivity index (χ0v) is 14.2. The van der Waals surface area contributed by atoms with Crippen molar-refractivity contribution in [3.05, 3.63) is 42.1 Å². The van der Waals surface area contributed by atoms with Gasteiger partial charge >= 0.3 is 0 Å². The third kappa shape index (κ3) is 4.07.